The molecule has 0 radical (unpaired) electrons. The maximum absolute atomic E-state index is 5.15. The quantitative estimate of drug-likeness (QED) is 0.607. The Morgan fingerprint density at radius 3 is 2.67 bits per heavy atom. The van der Waals surface area contributed by atoms with Crippen LogP contribution in [0.1, 0.15) is 12.0 Å². The van der Waals surface area contributed by atoms with E-state index >= 15 is 0 Å². The monoisotopic (exact) mass is 259 g/mol. The van der Waals surface area contributed by atoms with Gasteiger partial charge >= 0.3 is 0 Å². The van der Waals surface area contributed by atoms with Gasteiger partial charge in [0.2, 0.25) is 0 Å². The van der Waals surface area contributed by atoms with Crippen molar-refractivity contribution in [3.63, 3.8) is 0 Å². The van der Waals surface area contributed by atoms with Crippen molar-refractivity contribution in [1.29, 1.82) is 0 Å². The molecule has 1 aromatic rings. The largest absolute Gasteiger partial charge is 0.497 e. The molecule has 0 heterocycles. The summed E-state index contributed by atoms with van der Waals surface area (Å²) in [6.07, 6.45) is 11.0. The highest BCUT2D eigenvalue weighted by Crippen LogP contribution is 2.15. The number of rotatable bonds is 4. The molecule has 2 rings (SSSR count). The first-order valence-corrected chi connectivity index (χ1v) is 7.14. The maximum atomic E-state index is 5.15. The fourth-order valence-electron chi connectivity index (χ4n) is 1.72. The van der Waals surface area contributed by atoms with Crippen molar-refractivity contribution in [2.24, 2.45) is 4.99 Å². The van der Waals surface area contributed by atoms with Crippen LogP contribution in [-0.2, 0) is 4.74 Å². The van der Waals surface area contributed by atoms with Gasteiger partial charge in [0.05, 0.1) is 13.2 Å². The molecule has 3 heteroatoms. The summed E-state index contributed by atoms with van der Waals surface area (Å²) in [5.41, 5.74) is 1.14. The van der Waals surface area contributed by atoms with Crippen LogP contribution in [0.3, 0.4) is 0 Å². The van der Waals surface area contributed by atoms with Crippen LogP contribution < -0.4 is 0 Å². The van der Waals surface area contributed by atoms with E-state index in [1.54, 1.807) is 18.9 Å². The van der Waals surface area contributed by atoms with E-state index < -0.39 is 0 Å². The molecule has 2 nitrogen and oxygen atoms in total. The molecule has 0 fully saturated rings. The van der Waals surface area contributed by atoms with Crippen molar-refractivity contribution < 1.29 is 4.74 Å². The molecular formula is C15H17NOS. The molecule has 1 atom stereocenters. The van der Waals surface area contributed by atoms with Gasteiger partial charge in [0, 0.05) is 11.1 Å². The fraction of sp³-hybridized carbons (Fsp3) is 0.267. The van der Waals surface area contributed by atoms with Crippen molar-refractivity contribution in [1.82, 2.24) is 0 Å². The van der Waals surface area contributed by atoms with Gasteiger partial charge in [-0.3, -0.25) is 4.99 Å². The third-order valence-corrected chi connectivity index (χ3v) is 3.55. The summed E-state index contributed by atoms with van der Waals surface area (Å²) in [6.45, 7) is 0. The number of aliphatic imine (C=N–C) groups is 1. The first-order valence-electron chi connectivity index (χ1n) is 5.91. The molecule has 1 unspecified atom stereocenters. The molecule has 0 N–H and O–H groups in total. The average molecular weight is 259 g/mol. The number of ether oxygens (including phenoxy) is 1. The molecule has 0 aliphatic heterocycles. The molecule has 0 aromatic heterocycles. The minimum absolute atomic E-state index is 0.226. The van der Waals surface area contributed by atoms with E-state index in [4.69, 9.17) is 4.74 Å². The first kappa shape index (κ1) is 13.0. The zero-order valence-electron chi connectivity index (χ0n) is 10.7. The van der Waals surface area contributed by atoms with Crippen LogP contribution in [0.15, 0.2) is 58.1 Å². The van der Waals surface area contributed by atoms with E-state index in [1.165, 1.54) is 4.90 Å². The number of nitrogens with zero attached hydrogens (tertiary/aromatic N) is 1. The lowest BCUT2D eigenvalue weighted by atomic mass is 10.1. The summed E-state index contributed by atoms with van der Waals surface area (Å²) in [5.74, 6) is 0.922. The van der Waals surface area contributed by atoms with Gasteiger partial charge in [-0.15, -0.1) is 11.8 Å². The fourth-order valence-corrected chi connectivity index (χ4v) is 2.13. The van der Waals surface area contributed by atoms with Gasteiger partial charge in [-0.2, -0.15) is 0 Å². The topological polar surface area (TPSA) is 21.6 Å². The summed E-state index contributed by atoms with van der Waals surface area (Å²) in [4.78, 5) is 5.83. The third-order valence-electron chi connectivity index (χ3n) is 2.81. The Morgan fingerprint density at radius 2 is 2.11 bits per heavy atom. The Bertz CT molecular complexity index is 474. The lowest BCUT2D eigenvalue weighted by Crippen LogP contribution is -2.04. The molecule has 0 saturated carbocycles. The van der Waals surface area contributed by atoms with E-state index in [1.807, 2.05) is 12.3 Å². The Morgan fingerprint density at radius 1 is 1.33 bits per heavy atom. The highest BCUT2D eigenvalue weighted by atomic mass is 32.2. The number of benzene rings is 1. The van der Waals surface area contributed by atoms with Crippen LogP contribution in [-0.4, -0.2) is 25.6 Å². The minimum atomic E-state index is 0.226. The van der Waals surface area contributed by atoms with E-state index in [0.29, 0.717) is 0 Å². The first-order chi connectivity index (χ1) is 8.81. The van der Waals surface area contributed by atoms with E-state index in [9.17, 15) is 0 Å². The molecule has 0 spiro atoms. The number of hydrogen-bond acceptors (Lipinski definition) is 3. The van der Waals surface area contributed by atoms with Gasteiger partial charge in [-0.05, 0) is 42.5 Å². The smallest absolute Gasteiger partial charge is 0.114 e. The second kappa shape index (κ2) is 6.45. The van der Waals surface area contributed by atoms with Crippen molar-refractivity contribution in [3.8, 4) is 0 Å². The van der Waals surface area contributed by atoms with Crippen LogP contribution in [0.25, 0.3) is 0 Å². The minimum Gasteiger partial charge on any atom is -0.497 e. The molecule has 0 bridgehead atoms. The SMILES string of the molecule is COC1=CCC(N=Cc2ccc(SC)cc2)C=C1. The van der Waals surface area contributed by atoms with Gasteiger partial charge in [-0.1, -0.05) is 18.2 Å². The van der Waals surface area contributed by atoms with Crippen LogP contribution in [0, 0.1) is 0 Å². The molecule has 18 heavy (non-hydrogen) atoms. The van der Waals surface area contributed by atoms with Crippen molar-refractivity contribution >= 4 is 18.0 Å². The highest BCUT2D eigenvalue weighted by Gasteiger charge is 2.05. The Hall–Kier alpha value is -1.48. The third kappa shape index (κ3) is 3.50. The van der Waals surface area contributed by atoms with Crippen LogP contribution >= 0.6 is 11.8 Å². The normalized spacial score (nSPS) is 19.0. The van der Waals surface area contributed by atoms with Crippen molar-refractivity contribution in [3.05, 3.63) is 53.8 Å². The second-order valence-corrected chi connectivity index (χ2v) is 4.90. The molecular weight excluding hydrogens is 242 g/mol. The van der Waals surface area contributed by atoms with Gasteiger partial charge in [0.25, 0.3) is 0 Å². The summed E-state index contributed by atoms with van der Waals surface area (Å²) in [6, 6.07) is 8.65. The number of allylic oxidation sites excluding steroid dienone is 1. The number of hydrogen-bond donors (Lipinski definition) is 0. The molecule has 0 amide bonds. The van der Waals surface area contributed by atoms with Gasteiger partial charge in [0.15, 0.2) is 0 Å². The number of thioether (sulfide) groups is 1. The summed E-state index contributed by atoms with van der Waals surface area (Å²) < 4.78 is 5.15. The van der Waals surface area contributed by atoms with Crippen LogP contribution in [0.4, 0.5) is 0 Å². The lowest BCUT2D eigenvalue weighted by Gasteiger charge is -2.11. The zero-order valence-corrected chi connectivity index (χ0v) is 11.5. The molecule has 1 aromatic carbocycles. The summed E-state index contributed by atoms with van der Waals surface area (Å²) >= 11 is 1.75. The average Bonchev–Trinajstić information content (AvgIpc) is 2.46. The Labute approximate surface area is 112 Å². The Kier molecular flexibility index (Phi) is 4.65. The van der Waals surface area contributed by atoms with Gasteiger partial charge < -0.3 is 4.74 Å². The number of methoxy groups -OCH3 is 1. The molecule has 0 saturated heterocycles. The van der Waals surface area contributed by atoms with Crippen LogP contribution in [0.5, 0.6) is 0 Å². The standard InChI is InChI=1S/C15H17NOS/c1-17-14-7-5-13(6-8-14)16-11-12-3-9-15(18-2)10-4-12/h3-5,7-11,13H,6H2,1-2H3. The van der Waals surface area contributed by atoms with Gasteiger partial charge in [0.1, 0.15) is 5.76 Å². The highest BCUT2D eigenvalue weighted by molar-refractivity contribution is 7.98. The Balaban J connectivity index is 1.95. The molecule has 1 aliphatic rings. The van der Waals surface area contributed by atoms with Crippen molar-refractivity contribution in [2.75, 3.05) is 13.4 Å². The van der Waals surface area contributed by atoms with Gasteiger partial charge in [-0.25, -0.2) is 0 Å². The predicted molar refractivity (Wildman–Crippen MR) is 78.5 cm³/mol. The van der Waals surface area contributed by atoms with E-state index in [-0.39, 0.29) is 6.04 Å². The maximum Gasteiger partial charge on any atom is 0.114 e. The van der Waals surface area contributed by atoms with E-state index in [2.05, 4.69) is 47.7 Å². The predicted octanol–water partition coefficient (Wildman–Crippen LogP) is 3.69. The van der Waals surface area contributed by atoms with Crippen LogP contribution in [0.2, 0.25) is 0 Å². The van der Waals surface area contributed by atoms with E-state index in [0.717, 1.165) is 17.7 Å². The zero-order chi connectivity index (χ0) is 12.8. The summed E-state index contributed by atoms with van der Waals surface area (Å²) in [7, 11) is 1.69. The molecule has 1 aliphatic carbocycles. The van der Waals surface area contributed by atoms with Crippen molar-refractivity contribution in [2.45, 2.75) is 17.4 Å². The summed E-state index contributed by atoms with van der Waals surface area (Å²) in [5, 5.41) is 0. The second-order valence-electron chi connectivity index (χ2n) is 4.02. The lowest BCUT2D eigenvalue weighted by molar-refractivity contribution is 0.303. The molecule has 94 valence electrons.